The maximum absolute atomic E-state index is 11.8. The number of hydrogen-bond acceptors (Lipinski definition) is 1. The maximum Gasteiger partial charge on any atom is 0.211 e. The van der Waals surface area contributed by atoms with Crippen molar-refractivity contribution in [2.45, 2.75) is 33.1 Å². The fraction of sp³-hybridized carbons (Fsp3) is 0.533. The van der Waals surface area contributed by atoms with Gasteiger partial charge in [-0.1, -0.05) is 50.6 Å². The van der Waals surface area contributed by atoms with Crippen molar-refractivity contribution >= 4 is 16.7 Å². The minimum Gasteiger partial charge on any atom is -0.289 e. The van der Waals surface area contributed by atoms with Gasteiger partial charge in [0.15, 0.2) is 5.75 Å². The fourth-order valence-electron chi connectivity index (χ4n) is 1.75. The molecule has 0 atom stereocenters. The van der Waals surface area contributed by atoms with Crippen molar-refractivity contribution in [2.24, 2.45) is 0 Å². The Labute approximate surface area is 108 Å². The van der Waals surface area contributed by atoms with Gasteiger partial charge in [-0.3, -0.25) is 4.79 Å². The molecular formula is C15H23OS+. The van der Waals surface area contributed by atoms with Gasteiger partial charge in [0.05, 0.1) is 0 Å². The molecule has 1 aromatic rings. The van der Waals surface area contributed by atoms with E-state index in [1.165, 1.54) is 30.8 Å². The lowest BCUT2D eigenvalue weighted by molar-refractivity contribution is 0.102. The molecule has 1 saturated heterocycles. The molecule has 0 aliphatic carbocycles. The Balaban J connectivity index is 0.000000437. The van der Waals surface area contributed by atoms with Gasteiger partial charge in [0.25, 0.3) is 0 Å². The van der Waals surface area contributed by atoms with Crippen molar-refractivity contribution in [2.75, 3.05) is 17.3 Å². The number of Topliss-reactive ketones (excluding diaryl/α,β-unsaturated/α-hetero) is 1. The summed E-state index contributed by atoms with van der Waals surface area (Å²) in [6, 6.07) is 9.66. The molecule has 0 spiro atoms. The number of hydrogen-bond donors (Lipinski definition) is 0. The van der Waals surface area contributed by atoms with E-state index in [-0.39, 0.29) is 0 Å². The van der Waals surface area contributed by atoms with E-state index in [2.05, 4.69) is 13.8 Å². The van der Waals surface area contributed by atoms with E-state index in [1.807, 2.05) is 30.3 Å². The fourth-order valence-corrected chi connectivity index (χ4v) is 4.01. The number of carbonyl (C=O) groups is 1. The zero-order valence-corrected chi connectivity index (χ0v) is 11.8. The lowest BCUT2D eigenvalue weighted by Crippen LogP contribution is -2.17. The first-order chi connectivity index (χ1) is 8.27. The molecule has 0 radical (unpaired) electrons. The Bertz CT molecular complexity index is 315. The minimum absolute atomic E-state index is 0.329. The van der Waals surface area contributed by atoms with Gasteiger partial charge in [0.2, 0.25) is 5.78 Å². The van der Waals surface area contributed by atoms with E-state index in [0.717, 1.165) is 11.3 Å². The summed E-state index contributed by atoms with van der Waals surface area (Å²) in [7, 11) is 0.393. The van der Waals surface area contributed by atoms with E-state index in [0.29, 0.717) is 16.7 Å². The van der Waals surface area contributed by atoms with Gasteiger partial charge in [0.1, 0.15) is 11.5 Å². The monoisotopic (exact) mass is 251 g/mol. The number of ketones is 1. The summed E-state index contributed by atoms with van der Waals surface area (Å²) < 4.78 is 0. The third-order valence-electron chi connectivity index (χ3n) is 2.55. The van der Waals surface area contributed by atoms with Crippen LogP contribution < -0.4 is 0 Å². The molecule has 1 heterocycles. The lowest BCUT2D eigenvalue weighted by atomic mass is 10.2. The van der Waals surface area contributed by atoms with Gasteiger partial charge >= 0.3 is 0 Å². The zero-order chi connectivity index (χ0) is 12.5. The van der Waals surface area contributed by atoms with Crippen molar-refractivity contribution in [3.8, 4) is 0 Å². The van der Waals surface area contributed by atoms with Gasteiger partial charge in [-0.15, -0.1) is 0 Å². The SMILES string of the molecule is CCC.O=C(C[S+]1CCCC1)c1ccccc1. The average molecular weight is 251 g/mol. The smallest absolute Gasteiger partial charge is 0.211 e. The molecule has 1 aromatic carbocycles. The summed E-state index contributed by atoms with van der Waals surface area (Å²) in [5.41, 5.74) is 0.881. The molecule has 94 valence electrons. The Hall–Kier alpha value is -0.760. The second-order valence-corrected chi connectivity index (χ2v) is 6.70. The van der Waals surface area contributed by atoms with Crippen LogP contribution in [0, 0.1) is 0 Å². The predicted octanol–water partition coefficient (Wildman–Crippen LogP) is 3.70. The Morgan fingerprint density at radius 3 is 2.18 bits per heavy atom. The first-order valence-electron chi connectivity index (χ1n) is 6.50. The Kier molecular flexibility index (Phi) is 7.02. The van der Waals surface area contributed by atoms with Crippen LogP contribution in [-0.4, -0.2) is 23.0 Å². The van der Waals surface area contributed by atoms with Crippen molar-refractivity contribution < 1.29 is 4.79 Å². The molecule has 0 bridgehead atoms. The van der Waals surface area contributed by atoms with Crippen LogP contribution in [0.15, 0.2) is 30.3 Å². The van der Waals surface area contributed by atoms with Crippen LogP contribution in [-0.2, 0) is 10.9 Å². The summed E-state index contributed by atoms with van der Waals surface area (Å²) >= 11 is 0. The van der Waals surface area contributed by atoms with E-state index >= 15 is 0 Å². The second-order valence-electron chi connectivity index (χ2n) is 4.37. The molecule has 1 nitrogen and oxygen atoms in total. The van der Waals surface area contributed by atoms with Crippen LogP contribution in [0.25, 0.3) is 0 Å². The summed E-state index contributed by atoms with van der Waals surface area (Å²) in [4.78, 5) is 11.8. The molecule has 1 fully saturated rings. The standard InChI is InChI=1S/C12H15OS.C3H8/c13-12(10-14-8-4-5-9-14)11-6-2-1-3-7-11;1-3-2/h1-3,6-7H,4-5,8-10H2;3H2,1-2H3/q+1;. The molecule has 2 heteroatoms. The van der Waals surface area contributed by atoms with Crippen LogP contribution >= 0.6 is 0 Å². The highest BCUT2D eigenvalue weighted by atomic mass is 32.2. The van der Waals surface area contributed by atoms with Gasteiger partial charge < -0.3 is 0 Å². The minimum atomic E-state index is 0.329. The second kappa shape index (κ2) is 8.35. The molecule has 17 heavy (non-hydrogen) atoms. The topological polar surface area (TPSA) is 17.1 Å². The number of carbonyl (C=O) groups excluding carboxylic acids is 1. The summed E-state index contributed by atoms with van der Waals surface area (Å²) in [6.07, 6.45) is 3.90. The molecule has 0 saturated carbocycles. The van der Waals surface area contributed by atoms with E-state index in [9.17, 15) is 4.79 Å². The van der Waals surface area contributed by atoms with Crippen LogP contribution in [0.5, 0.6) is 0 Å². The normalized spacial score (nSPS) is 15.2. The first-order valence-corrected chi connectivity index (χ1v) is 8.23. The number of benzene rings is 1. The van der Waals surface area contributed by atoms with Crippen LogP contribution in [0.2, 0.25) is 0 Å². The molecule has 2 rings (SSSR count). The predicted molar refractivity (Wildman–Crippen MR) is 77.9 cm³/mol. The zero-order valence-electron chi connectivity index (χ0n) is 10.9. The van der Waals surface area contributed by atoms with Gasteiger partial charge in [0, 0.05) is 5.56 Å². The average Bonchev–Trinajstić information content (AvgIpc) is 2.84. The van der Waals surface area contributed by atoms with Gasteiger partial charge in [-0.05, 0) is 23.7 Å². The molecule has 0 unspecified atom stereocenters. The van der Waals surface area contributed by atoms with Crippen LogP contribution in [0.3, 0.4) is 0 Å². The Morgan fingerprint density at radius 1 is 1.12 bits per heavy atom. The number of rotatable bonds is 3. The highest BCUT2D eigenvalue weighted by Crippen LogP contribution is 2.15. The lowest BCUT2D eigenvalue weighted by Gasteiger charge is -2.00. The van der Waals surface area contributed by atoms with Gasteiger partial charge in [-0.25, -0.2) is 0 Å². The molecule has 0 amide bonds. The van der Waals surface area contributed by atoms with Crippen LogP contribution in [0.4, 0.5) is 0 Å². The van der Waals surface area contributed by atoms with E-state index in [1.54, 1.807) is 0 Å². The summed E-state index contributed by atoms with van der Waals surface area (Å²) in [5, 5.41) is 0. The van der Waals surface area contributed by atoms with Crippen molar-refractivity contribution in [3.63, 3.8) is 0 Å². The molecular weight excluding hydrogens is 228 g/mol. The molecule has 0 aromatic heterocycles. The van der Waals surface area contributed by atoms with E-state index in [4.69, 9.17) is 0 Å². The maximum atomic E-state index is 11.8. The molecule has 1 aliphatic rings. The van der Waals surface area contributed by atoms with Crippen molar-refractivity contribution in [1.29, 1.82) is 0 Å². The molecule has 1 aliphatic heterocycles. The summed E-state index contributed by atoms with van der Waals surface area (Å²) in [6.45, 7) is 4.25. The highest BCUT2D eigenvalue weighted by molar-refractivity contribution is 7.97. The van der Waals surface area contributed by atoms with E-state index < -0.39 is 0 Å². The summed E-state index contributed by atoms with van der Waals surface area (Å²) in [5.74, 6) is 3.66. The highest BCUT2D eigenvalue weighted by Gasteiger charge is 2.27. The van der Waals surface area contributed by atoms with Gasteiger partial charge in [-0.2, -0.15) is 0 Å². The first kappa shape index (κ1) is 14.3. The Morgan fingerprint density at radius 2 is 1.65 bits per heavy atom. The largest absolute Gasteiger partial charge is 0.289 e. The van der Waals surface area contributed by atoms with Crippen LogP contribution in [0.1, 0.15) is 43.5 Å². The van der Waals surface area contributed by atoms with Crippen molar-refractivity contribution in [3.05, 3.63) is 35.9 Å². The third kappa shape index (κ3) is 5.40. The quantitative estimate of drug-likeness (QED) is 0.591. The van der Waals surface area contributed by atoms with Crippen molar-refractivity contribution in [1.82, 2.24) is 0 Å². The molecule has 0 N–H and O–H groups in total. The third-order valence-corrected chi connectivity index (χ3v) is 4.95.